The van der Waals surface area contributed by atoms with E-state index >= 15 is 0 Å². The molecule has 0 saturated heterocycles. The SMILES string of the molecule is C=C(CN(C)C)N(CCC)CCC. The lowest BCUT2D eigenvalue weighted by atomic mass is 10.3. The van der Waals surface area contributed by atoms with Crippen LogP contribution in [-0.4, -0.2) is 43.5 Å². The van der Waals surface area contributed by atoms with Crippen molar-refractivity contribution in [2.24, 2.45) is 0 Å². The summed E-state index contributed by atoms with van der Waals surface area (Å²) in [6.07, 6.45) is 2.40. The van der Waals surface area contributed by atoms with Crippen molar-refractivity contribution in [2.75, 3.05) is 33.7 Å². The highest BCUT2D eigenvalue weighted by Crippen LogP contribution is 2.04. The summed E-state index contributed by atoms with van der Waals surface area (Å²) in [6, 6.07) is 0. The fourth-order valence-electron chi connectivity index (χ4n) is 1.43. The standard InChI is InChI=1S/C11H24N2/c1-6-8-13(9-7-2)11(3)10-12(4)5/h3,6-10H2,1-2,4-5H3. The third kappa shape index (κ3) is 5.69. The second kappa shape index (κ2) is 6.96. The van der Waals surface area contributed by atoms with E-state index in [1.165, 1.54) is 18.5 Å². The minimum Gasteiger partial charge on any atom is -0.374 e. The van der Waals surface area contributed by atoms with Gasteiger partial charge in [-0.05, 0) is 26.9 Å². The first-order chi connectivity index (χ1) is 6.11. The largest absolute Gasteiger partial charge is 0.374 e. The van der Waals surface area contributed by atoms with Crippen LogP contribution in [0.15, 0.2) is 12.3 Å². The van der Waals surface area contributed by atoms with Gasteiger partial charge < -0.3 is 9.80 Å². The Balaban J connectivity index is 3.95. The molecule has 0 amide bonds. The average Bonchev–Trinajstić information content (AvgIpc) is 2.02. The van der Waals surface area contributed by atoms with E-state index in [1.54, 1.807) is 0 Å². The van der Waals surface area contributed by atoms with Gasteiger partial charge in [0.2, 0.25) is 0 Å². The van der Waals surface area contributed by atoms with E-state index in [2.05, 4.69) is 44.3 Å². The van der Waals surface area contributed by atoms with E-state index < -0.39 is 0 Å². The Kier molecular flexibility index (Phi) is 6.69. The van der Waals surface area contributed by atoms with Crippen LogP contribution < -0.4 is 0 Å². The molecule has 0 spiro atoms. The highest BCUT2D eigenvalue weighted by molar-refractivity contribution is 4.96. The van der Waals surface area contributed by atoms with Crippen molar-refractivity contribution in [3.8, 4) is 0 Å². The molecular formula is C11H24N2. The molecule has 0 bridgehead atoms. The Morgan fingerprint density at radius 2 is 1.54 bits per heavy atom. The zero-order valence-electron chi connectivity index (χ0n) is 9.64. The first-order valence-corrected chi connectivity index (χ1v) is 5.19. The molecule has 78 valence electrons. The van der Waals surface area contributed by atoms with Crippen LogP contribution in [0.4, 0.5) is 0 Å². The summed E-state index contributed by atoms with van der Waals surface area (Å²) in [6.45, 7) is 11.8. The number of hydrogen-bond donors (Lipinski definition) is 0. The first-order valence-electron chi connectivity index (χ1n) is 5.19. The monoisotopic (exact) mass is 184 g/mol. The van der Waals surface area contributed by atoms with E-state index in [0.29, 0.717) is 0 Å². The summed E-state index contributed by atoms with van der Waals surface area (Å²) in [4.78, 5) is 4.56. The molecule has 0 rings (SSSR count). The molecule has 0 unspecified atom stereocenters. The van der Waals surface area contributed by atoms with Gasteiger partial charge in [-0.25, -0.2) is 0 Å². The van der Waals surface area contributed by atoms with Crippen molar-refractivity contribution in [2.45, 2.75) is 26.7 Å². The molecule has 0 atom stereocenters. The van der Waals surface area contributed by atoms with Crippen molar-refractivity contribution in [3.05, 3.63) is 12.3 Å². The minimum absolute atomic E-state index is 0.972. The van der Waals surface area contributed by atoms with Gasteiger partial charge in [0, 0.05) is 25.3 Å². The lowest BCUT2D eigenvalue weighted by Crippen LogP contribution is -2.30. The van der Waals surface area contributed by atoms with Crippen molar-refractivity contribution in [1.82, 2.24) is 9.80 Å². The van der Waals surface area contributed by atoms with Gasteiger partial charge in [-0.3, -0.25) is 0 Å². The molecule has 0 aliphatic carbocycles. The molecule has 0 N–H and O–H groups in total. The van der Waals surface area contributed by atoms with E-state index in [9.17, 15) is 0 Å². The fourth-order valence-corrected chi connectivity index (χ4v) is 1.43. The van der Waals surface area contributed by atoms with Gasteiger partial charge in [-0.1, -0.05) is 20.4 Å². The highest BCUT2D eigenvalue weighted by atomic mass is 15.2. The topological polar surface area (TPSA) is 6.48 Å². The second-order valence-electron chi connectivity index (χ2n) is 3.79. The molecule has 0 fully saturated rings. The Morgan fingerprint density at radius 1 is 1.08 bits per heavy atom. The molecule has 0 heterocycles. The van der Waals surface area contributed by atoms with E-state index in [1.807, 2.05) is 0 Å². The van der Waals surface area contributed by atoms with Crippen LogP contribution in [0, 0.1) is 0 Å². The maximum atomic E-state index is 4.12. The third-order valence-corrected chi connectivity index (χ3v) is 1.93. The van der Waals surface area contributed by atoms with E-state index in [-0.39, 0.29) is 0 Å². The Bertz CT molecular complexity index is 135. The minimum atomic E-state index is 0.972. The summed E-state index contributed by atoms with van der Waals surface area (Å²) in [5.41, 5.74) is 1.24. The van der Waals surface area contributed by atoms with Gasteiger partial charge in [0.1, 0.15) is 0 Å². The lowest BCUT2D eigenvalue weighted by Gasteiger charge is -2.27. The van der Waals surface area contributed by atoms with Crippen LogP contribution in [0.5, 0.6) is 0 Å². The third-order valence-electron chi connectivity index (χ3n) is 1.93. The maximum absolute atomic E-state index is 4.12. The maximum Gasteiger partial charge on any atom is 0.0371 e. The quantitative estimate of drug-likeness (QED) is 0.598. The van der Waals surface area contributed by atoms with Crippen LogP contribution in [-0.2, 0) is 0 Å². The smallest absolute Gasteiger partial charge is 0.0371 e. The van der Waals surface area contributed by atoms with Crippen LogP contribution in [0.1, 0.15) is 26.7 Å². The van der Waals surface area contributed by atoms with Gasteiger partial charge >= 0.3 is 0 Å². The second-order valence-corrected chi connectivity index (χ2v) is 3.79. The van der Waals surface area contributed by atoms with Crippen molar-refractivity contribution in [3.63, 3.8) is 0 Å². The molecule has 13 heavy (non-hydrogen) atoms. The number of nitrogens with zero attached hydrogens (tertiary/aromatic N) is 2. The summed E-state index contributed by atoms with van der Waals surface area (Å²) >= 11 is 0. The zero-order valence-corrected chi connectivity index (χ0v) is 9.64. The molecule has 2 heteroatoms. The van der Waals surface area contributed by atoms with Gasteiger partial charge in [-0.2, -0.15) is 0 Å². The van der Waals surface area contributed by atoms with Crippen molar-refractivity contribution >= 4 is 0 Å². The summed E-state index contributed by atoms with van der Waals surface area (Å²) in [5.74, 6) is 0. The van der Waals surface area contributed by atoms with Crippen LogP contribution in [0.3, 0.4) is 0 Å². The molecule has 0 saturated carbocycles. The fraction of sp³-hybridized carbons (Fsp3) is 0.818. The molecule has 2 nitrogen and oxygen atoms in total. The van der Waals surface area contributed by atoms with E-state index in [0.717, 1.165) is 19.6 Å². The summed E-state index contributed by atoms with van der Waals surface area (Å²) in [5, 5.41) is 0. The van der Waals surface area contributed by atoms with Gasteiger partial charge in [0.25, 0.3) is 0 Å². The number of likely N-dealkylation sites (N-methyl/N-ethyl adjacent to an activating group) is 1. The van der Waals surface area contributed by atoms with Crippen LogP contribution >= 0.6 is 0 Å². The van der Waals surface area contributed by atoms with Gasteiger partial charge in [-0.15, -0.1) is 0 Å². The Morgan fingerprint density at radius 3 is 1.85 bits per heavy atom. The normalized spacial score (nSPS) is 10.5. The Labute approximate surface area is 83.2 Å². The molecule has 0 aromatic carbocycles. The molecule has 0 aromatic heterocycles. The van der Waals surface area contributed by atoms with Gasteiger partial charge in [0.15, 0.2) is 0 Å². The van der Waals surface area contributed by atoms with Crippen molar-refractivity contribution < 1.29 is 0 Å². The summed E-state index contributed by atoms with van der Waals surface area (Å²) in [7, 11) is 4.17. The van der Waals surface area contributed by atoms with Crippen LogP contribution in [0.2, 0.25) is 0 Å². The number of rotatable bonds is 7. The molecule has 0 aliphatic rings. The molecular weight excluding hydrogens is 160 g/mol. The molecule has 0 aromatic rings. The predicted molar refractivity (Wildman–Crippen MR) is 59.8 cm³/mol. The predicted octanol–water partition coefficient (Wildman–Crippen LogP) is 2.18. The van der Waals surface area contributed by atoms with Crippen molar-refractivity contribution in [1.29, 1.82) is 0 Å². The Hall–Kier alpha value is -0.500. The summed E-state index contributed by atoms with van der Waals surface area (Å²) < 4.78 is 0. The molecule has 0 aliphatic heterocycles. The zero-order chi connectivity index (χ0) is 10.3. The van der Waals surface area contributed by atoms with Gasteiger partial charge in [0.05, 0.1) is 0 Å². The van der Waals surface area contributed by atoms with Crippen LogP contribution in [0.25, 0.3) is 0 Å². The average molecular weight is 184 g/mol. The van der Waals surface area contributed by atoms with E-state index in [4.69, 9.17) is 0 Å². The lowest BCUT2D eigenvalue weighted by molar-refractivity contribution is 0.303. The number of hydrogen-bond acceptors (Lipinski definition) is 2. The molecule has 0 radical (unpaired) electrons. The highest BCUT2D eigenvalue weighted by Gasteiger charge is 2.05. The first kappa shape index (κ1) is 12.5.